The van der Waals surface area contributed by atoms with Crippen molar-refractivity contribution >= 4 is 26.8 Å². The molecule has 0 amide bonds. The van der Waals surface area contributed by atoms with E-state index in [9.17, 15) is 9.59 Å². The molecule has 9 heavy (non-hydrogen) atoms. The van der Waals surface area contributed by atoms with Crippen molar-refractivity contribution in [3.05, 3.63) is 0 Å². The Labute approximate surface area is 61.3 Å². The number of carbonyl (C=O) groups is 2. The van der Waals surface area contributed by atoms with E-state index in [2.05, 4.69) is 0 Å². The van der Waals surface area contributed by atoms with Crippen LogP contribution in [0.4, 0.5) is 0 Å². The Balaban J connectivity index is 3.10. The summed E-state index contributed by atoms with van der Waals surface area (Å²) < 4.78 is 0. The molecule has 0 unspecified atom stereocenters. The van der Waals surface area contributed by atoms with Crippen LogP contribution in [0, 0.1) is 0 Å². The van der Waals surface area contributed by atoms with Gasteiger partial charge < -0.3 is 9.59 Å². The normalized spacial score (nSPS) is 8.67. The lowest BCUT2D eigenvalue weighted by atomic mass is 10.5. The molecule has 0 aliphatic heterocycles. The van der Waals surface area contributed by atoms with Crippen LogP contribution in [0.15, 0.2) is 0 Å². The van der Waals surface area contributed by atoms with Crippen LogP contribution in [-0.2, 0) is 9.59 Å². The molecule has 0 aliphatic rings. The molecule has 0 saturated carbocycles. The molecule has 0 aromatic rings. The number of carbonyl (C=O) groups excluding carboxylic acids is 2. The van der Waals surface area contributed by atoms with Gasteiger partial charge in [0.2, 0.25) is 0 Å². The maximum Gasteiger partial charge on any atom is 0.258 e. The van der Waals surface area contributed by atoms with Crippen LogP contribution in [0.1, 0.15) is 13.8 Å². The van der Waals surface area contributed by atoms with Gasteiger partial charge >= 0.3 is 0 Å². The predicted molar refractivity (Wildman–Crippen MR) is 38.1 cm³/mol. The molecule has 2 nitrogen and oxygen atoms in total. The largest absolute Gasteiger partial charge is 0.301 e. The Morgan fingerprint density at radius 3 is 1.67 bits per heavy atom. The molecule has 0 fully saturated rings. The fourth-order valence-corrected chi connectivity index (χ4v) is 1.76. The number of ketones is 2. The summed E-state index contributed by atoms with van der Waals surface area (Å²) in [7, 11) is 0. The van der Waals surface area contributed by atoms with E-state index in [1.165, 1.54) is 0 Å². The first-order chi connectivity index (χ1) is 4.13. The number of rotatable bonds is 4. The first-order valence-corrected chi connectivity index (χ1v) is 5.12. The topological polar surface area (TPSA) is 34.1 Å². The third-order valence-corrected chi connectivity index (χ3v) is 3.17. The Hall–Kier alpha value is -0.128. The van der Waals surface area contributed by atoms with Gasteiger partial charge in [0, 0.05) is 0 Å². The van der Waals surface area contributed by atoms with E-state index < -0.39 is 0 Å². The predicted octanol–water partition coefficient (Wildman–Crippen LogP) is 0.438. The lowest BCUT2D eigenvalue weighted by Gasteiger charge is -1.87. The Morgan fingerprint density at radius 1 is 1.11 bits per heavy atom. The highest BCUT2D eigenvalue weighted by Gasteiger charge is 1.99. The summed E-state index contributed by atoms with van der Waals surface area (Å²) in [5.41, 5.74) is 0. The molecule has 0 radical (unpaired) electrons. The van der Waals surface area contributed by atoms with Gasteiger partial charge in [-0.3, -0.25) is 0 Å². The Morgan fingerprint density at radius 2 is 1.44 bits per heavy atom. The van der Waals surface area contributed by atoms with Crippen LogP contribution in [0.25, 0.3) is 0 Å². The van der Waals surface area contributed by atoms with Crippen LogP contribution < -0.4 is 0 Å². The maximum atomic E-state index is 10.3. The van der Waals surface area contributed by atoms with Crippen molar-refractivity contribution in [2.24, 2.45) is 0 Å². The summed E-state index contributed by atoms with van der Waals surface area (Å²) in [4.78, 5) is 20.7. The van der Waals surface area contributed by atoms with Crippen molar-refractivity contribution < 1.29 is 9.59 Å². The molecule has 0 rings (SSSR count). The van der Waals surface area contributed by atoms with E-state index in [1.54, 1.807) is 13.8 Å². The third-order valence-electron chi connectivity index (χ3n) is 1.06. The van der Waals surface area contributed by atoms with E-state index in [4.69, 9.17) is 0 Å². The van der Waals surface area contributed by atoms with Gasteiger partial charge in [0.15, 0.2) is 0 Å². The van der Waals surface area contributed by atoms with Crippen molar-refractivity contribution in [1.29, 1.82) is 0 Å². The highest BCUT2D eigenvalue weighted by molar-refractivity contribution is 6.45. The summed E-state index contributed by atoms with van der Waals surface area (Å²) >= 11 is -0.383. The maximum absolute atomic E-state index is 10.3. The van der Waals surface area contributed by atoms with Crippen molar-refractivity contribution in [3.63, 3.8) is 0 Å². The summed E-state index contributed by atoms with van der Waals surface area (Å²) in [5, 5.41) is 1.36. The second-order valence-corrected chi connectivity index (χ2v) is 3.96. The minimum absolute atomic E-state index is 0.225. The molecule has 0 aliphatic carbocycles. The summed E-state index contributed by atoms with van der Waals surface area (Å²) in [6.07, 6.45) is 0. The smallest absolute Gasteiger partial charge is 0.258 e. The zero-order valence-corrected chi connectivity index (χ0v) is 7.35. The van der Waals surface area contributed by atoms with Gasteiger partial charge in [0.1, 0.15) is 11.6 Å². The van der Waals surface area contributed by atoms with Gasteiger partial charge in [-0.2, -0.15) is 0 Å². The summed E-state index contributed by atoms with van der Waals surface area (Å²) in [6, 6.07) is 0. The van der Waals surface area contributed by atoms with E-state index in [0.29, 0.717) is 10.6 Å². The molecule has 0 aromatic heterocycles. The van der Waals surface area contributed by atoms with Crippen LogP contribution in [0.3, 0.4) is 0 Å². The van der Waals surface area contributed by atoms with Gasteiger partial charge in [0.05, 0.1) is 0 Å². The van der Waals surface area contributed by atoms with E-state index in [0.717, 1.165) is 0 Å². The lowest BCUT2D eigenvalue weighted by molar-refractivity contribution is -0.115. The highest BCUT2D eigenvalue weighted by atomic mass is 27.1. The quantitative estimate of drug-likeness (QED) is 0.533. The first-order valence-electron chi connectivity index (χ1n) is 3.12. The van der Waals surface area contributed by atoms with Gasteiger partial charge in [-0.25, -0.2) is 0 Å². The van der Waals surface area contributed by atoms with Gasteiger partial charge in [0.25, 0.3) is 15.2 Å². The standard InChI is InChI=1S/2C3H5O.Al.H/c2*1-3(2)4;;/h2*1H2,2H3;;. The summed E-state index contributed by atoms with van der Waals surface area (Å²) in [5.74, 6) is 0.450. The molecular weight excluding hydrogens is 131 g/mol. The molecule has 0 N–H and O–H groups in total. The monoisotopic (exact) mass is 142 g/mol. The molecule has 0 spiro atoms. The molecule has 0 bridgehead atoms. The van der Waals surface area contributed by atoms with Crippen molar-refractivity contribution in [3.8, 4) is 0 Å². The molecule has 50 valence electrons. The van der Waals surface area contributed by atoms with Gasteiger partial charge in [-0.1, -0.05) is 0 Å². The molecule has 0 atom stereocenters. The Kier molecular flexibility index (Phi) is 4.66. The summed E-state index contributed by atoms with van der Waals surface area (Å²) in [6.45, 7) is 3.15. The molecule has 0 heterocycles. The second kappa shape index (κ2) is 4.72. The zero-order chi connectivity index (χ0) is 7.28. The third kappa shape index (κ3) is 7.87. The van der Waals surface area contributed by atoms with Crippen LogP contribution >= 0.6 is 0 Å². The van der Waals surface area contributed by atoms with Crippen LogP contribution in [-0.4, -0.2) is 26.8 Å². The number of hydrogen-bond acceptors (Lipinski definition) is 2. The van der Waals surface area contributed by atoms with Crippen molar-refractivity contribution in [2.75, 3.05) is 0 Å². The Bertz CT molecular complexity index is 106. The van der Waals surface area contributed by atoms with Gasteiger partial charge in [-0.15, -0.1) is 0 Å². The number of hydrogen-bond donors (Lipinski definition) is 0. The van der Waals surface area contributed by atoms with Crippen LogP contribution in [0.2, 0.25) is 10.6 Å². The highest BCUT2D eigenvalue weighted by Crippen LogP contribution is 1.87. The van der Waals surface area contributed by atoms with Crippen molar-refractivity contribution in [2.45, 2.75) is 24.4 Å². The van der Waals surface area contributed by atoms with E-state index in [1.807, 2.05) is 0 Å². The minimum atomic E-state index is -0.383. The minimum Gasteiger partial charge on any atom is -0.301 e. The van der Waals surface area contributed by atoms with Crippen molar-refractivity contribution in [1.82, 2.24) is 0 Å². The molecule has 3 heteroatoms. The SMILES string of the molecule is CC(=O)[CH2][AlH][CH2]C(C)=O. The average Bonchev–Trinajstić information content (AvgIpc) is 1.63. The van der Waals surface area contributed by atoms with Gasteiger partial charge in [-0.05, 0) is 24.4 Å². The second-order valence-electron chi connectivity index (χ2n) is 2.26. The lowest BCUT2D eigenvalue weighted by Crippen LogP contribution is -2.01. The van der Waals surface area contributed by atoms with E-state index >= 15 is 0 Å². The molecular formula is C6H11AlO2. The van der Waals surface area contributed by atoms with Crippen LogP contribution in [0.5, 0.6) is 0 Å². The molecule has 0 saturated heterocycles. The average molecular weight is 142 g/mol. The fourth-order valence-electron chi connectivity index (χ4n) is 0.586. The zero-order valence-electron chi connectivity index (χ0n) is 5.94. The number of Topliss-reactive ketones (excluding diaryl/α,β-unsaturated/α-hetero) is 2. The first kappa shape index (κ1) is 8.87. The molecule has 0 aromatic carbocycles. The fraction of sp³-hybridized carbons (Fsp3) is 0.667. The van der Waals surface area contributed by atoms with E-state index in [-0.39, 0.29) is 26.8 Å².